The molecule has 1 aliphatic carbocycles. The standard InChI is InChI=1S/C20H25N5O2/c26-19-11-16(14-24(19)13-15-3-1-8-21-12-15)20(27)23-17-4-6-18(7-5-17)25-10-2-9-22-25/h1-3,8-10,12,16-18H,4-7,11,13-14H2,(H,23,27). The Bertz CT molecular complexity index is 769. The first kappa shape index (κ1) is 17.7. The van der Waals surface area contributed by atoms with Crippen molar-refractivity contribution in [3.8, 4) is 0 Å². The number of nitrogens with zero attached hydrogens (tertiary/aromatic N) is 4. The average molecular weight is 367 g/mol. The lowest BCUT2D eigenvalue weighted by atomic mass is 9.91. The van der Waals surface area contributed by atoms with Crippen molar-refractivity contribution in [2.24, 2.45) is 5.92 Å². The largest absolute Gasteiger partial charge is 0.353 e. The van der Waals surface area contributed by atoms with Crippen molar-refractivity contribution in [2.75, 3.05) is 6.54 Å². The zero-order valence-corrected chi connectivity index (χ0v) is 15.3. The molecule has 1 unspecified atom stereocenters. The number of aromatic nitrogens is 3. The van der Waals surface area contributed by atoms with Gasteiger partial charge in [-0.1, -0.05) is 6.07 Å². The predicted molar refractivity (Wildman–Crippen MR) is 99.4 cm³/mol. The van der Waals surface area contributed by atoms with E-state index in [2.05, 4.69) is 15.4 Å². The van der Waals surface area contributed by atoms with Gasteiger partial charge in [0.2, 0.25) is 11.8 Å². The quantitative estimate of drug-likeness (QED) is 0.876. The number of amides is 2. The first-order chi connectivity index (χ1) is 13.2. The second kappa shape index (κ2) is 7.90. The van der Waals surface area contributed by atoms with Crippen LogP contribution in [0.3, 0.4) is 0 Å². The molecule has 0 bridgehead atoms. The summed E-state index contributed by atoms with van der Waals surface area (Å²) in [4.78, 5) is 30.8. The average Bonchev–Trinajstić information content (AvgIpc) is 3.34. The zero-order valence-electron chi connectivity index (χ0n) is 15.3. The summed E-state index contributed by atoms with van der Waals surface area (Å²) >= 11 is 0. The SMILES string of the molecule is O=C(NC1CCC(n2cccn2)CC1)C1CC(=O)N(Cc2cccnc2)C1. The summed E-state index contributed by atoms with van der Waals surface area (Å²) in [6.45, 7) is 1.01. The summed E-state index contributed by atoms with van der Waals surface area (Å²) in [5, 5.41) is 7.49. The number of nitrogens with one attached hydrogen (secondary N) is 1. The van der Waals surface area contributed by atoms with Crippen molar-refractivity contribution in [2.45, 2.75) is 50.7 Å². The molecule has 7 nitrogen and oxygen atoms in total. The van der Waals surface area contributed by atoms with E-state index >= 15 is 0 Å². The molecule has 1 saturated heterocycles. The van der Waals surface area contributed by atoms with Crippen LogP contribution in [0.25, 0.3) is 0 Å². The van der Waals surface area contributed by atoms with Gasteiger partial charge in [-0.3, -0.25) is 19.3 Å². The van der Waals surface area contributed by atoms with Crippen LogP contribution in [-0.4, -0.2) is 44.1 Å². The van der Waals surface area contributed by atoms with E-state index in [4.69, 9.17) is 0 Å². The van der Waals surface area contributed by atoms with E-state index in [-0.39, 0.29) is 23.8 Å². The van der Waals surface area contributed by atoms with Crippen molar-refractivity contribution in [3.63, 3.8) is 0 Å². The smallest absolute Gasteiger partial charge is 0.225 e. The predicted octanol–water partition coefficient (Wildman–Crippen LogP) is 1.93. The molecule has 7 heteroatoms. The van der Waals surface area contributed by atoms with Crippen molar-refractivity contribution >= 4 is 11.8 Å². The van der Waals surface area contributed by atoms with Crippen molar-refractivity contribution in [1.82, 2.24) is 25.0 Å². The minimum Gasteiger partial charge on any atom is -0.353 e. The number of hydrogen-bond donors (Lipinski definition) is 1. The Hall–Kier alpha value is -2.70. The molecule has 2 aliphatic rings. The van der Waals surface area contributed by atoms with Crippen LogP contribution >= 0.6 is 0 Å². The maximum absolute atomic E-state index is 12.6. The van der Waals surface area contributed by atoms with Crippen molar-refractivity contribution in [1.29, 1.82) is 0 Å². The van der Waals surface area contributed by atoms with Crippen molar-refractivity contribution in [3.05, 3.63) is 48.5 Å². The van der Waals surface area contributed by atoms with Crippen LogP contribution in [0, 0.1) is 5.92 Å². The molecule has 0 radical (unpaired) electrons. The minimum atomic E-state index is -0.252. The summed E-state index contributed by atoms with van der Waals surface area (Å²) in [5.74, 6) is -0.195. The fraction of sp³-hybridized carbons (Fsp3) is 0.500. The summed E-state index contributed by atoms with van der Waals surface area (Å²) in [6, 6.07) is 6.39. The molecule has 1 saturated carbocycles. The molecule has 1 N–H and O–H groups in total. The van der Waals surface area contributed by atoms with E-state index in [1.54, 1.807) is 17.3 Å². The molecule has 0 aromatic carbocycles. The summed E-state index contributed by atoms with van der Waals surface area (Å²) in [6.07, 6.45) is 11.5. The molecule has 1 atom stereocenters. The molecule has 4 rings (SSSR count). The Balaban J connectivity index is 1.26. The van der Waals surface area contributed by atoms with Gasteiger partial charge in [-0.15, -0.1) is 0 Å². The molecule has 2 aromatic heterocycles. The van der Waals surface area contributed by atoms with E-state index in [1.165, 1.54) is 0 Å². The van der Waals surface area contributed by atoms with Gasteiger partial charge in [0.15, 0.2) is 0 Å². The summed E-state index contributed by atoms with van der Waals surface area (Å²) in [5.41, 5.74) is 0.990. The van der Waals surface area contributed by atoms with Gasteiger partial charge in [0.1, 0.15) is 0 Å². The third-order valence-electron chi connectivity index (χ3n) is 5.62. The summed E-state index contributed by atoms with van der Waals surface area (Å²) < 4.78 is 2.02. The second-order valence-electron chi connectivity index (χ2n) is 7.54. The lowest BCUT2D eigenvalue weighted by Gasteiger charge is -2.30. The highest BCUT2D eigenvalue weighted by Crippen LogP contribution is 2.28. The van der Waals surface area contributed by atoms with Crippen molar-refractivity contribution < 1.29 is 9.59 Å². The first-order valence-corrected chi connectivity index (χ1v) is 9.65. The number of pyridine rings is 1. The van der Waals surface area contributed by atoms with E-state index in [0.717, 1.165) is 31.2 Å². The Morgan fingerprint density at radius 3 is 2.74 bits per heavy atom. The highest BCUT2D eigenvalue weighted by Gasteiger charge is 2.35. The van der Waals surface area contributed by atoms with Gasteiger partial charge < -0.3 is 10.2 Å². The maximum atomic E-state index is 12.6. The van der Waals surface area contributed by atoms with E-state index in [9.17, 15) is 9.59 Å². The molecule has 1 aliphatic heterocycles. The molecule has 2 amide bonds. The lowest BCUT2D eigenvalue weighted by Crippen LogP contribution is -2.41. The van der Waals surface area contributed by atoms with Gasteiger partial charge >= 0.3 is 0 Å². The Labute approximate surface area is 158 Å². The monoisotopic (exact) mass is 367 g/mol. The number of carbonyl (C=O) groups excluding carboxylic acids is 2. The first-order valence-electron chi connectivity index (χ1n) is 9.65. The number of rotatable bonds is 5. The molecule has 2 fully saturated rings. The van der Waals surface area contributed by atoms with Gasteiger partial charge in [0.25, 0.3) is 0 Å². The number of hydrogen-bond acceptors (Lipinski definition) is 4. The molecule has 142 valence electrons. The van der Waals surface area contributed by atoms with Crippen LogP contribution in [0.1, 0.15) is 43.7 Å². The van der Waals surface area contributed by atoms with Crippen LogP contribution in [0.15, 0.2) is 43.0 Å². The zero-order chi connectivity index (χ0) is 18.6. The molecular weight excluding hydrogens is 342 g/mol. The molecule has 0 spiro atoms. The Morgan fingerprint density at radius 2 is 2.04 bits per heavy atom. The van der Waals surface area contributed by atoms with E-state index in [0.29, 0.717) is 25.6 Å². The van der Waals surface area contributed by atoms with Crippen LogP contribution in [0.4, 0.5) is 0 Å². The third-order valence-corrected chi connectivity index (χ3v) is 5.62. The van der Waals surface area contributed by atoms with Gasteiger partial charge in [0.05, 0.1) is 12.0 Å². The fourth-order valence-electron chi connectivity index (χ4n) is 4.11. The van der Waals surface area contributed by atoms with Crippen LogP contribution in [0.2, 0.25) is 0 Å². The second-order valence-corrected chi connectivity index (χ2v) is 7.54. The topological polar surface area (TPSA) is 80.1 Å². The summed E-state index contributed by atoms with van der Waals surface area (Å²) in [7, 11) is 0. The van der Waals surface area contributed by atoms with E-state index in [1.807, 2.05) is 35.3 Å². The van der Waals surface area contributed by atoms with E-state index < -0.39 is 0 Å². The fourth-order valence-corrected chi connectivity index (χ4v) is 4.11. The number of carbonyl (C=O) groups is 2. The van der Waals surface area contributed by atoms with Crippen LogP contribution in [-0.2, 0) is 16.1 Å². The van der Waals surface area contributed by atoms with Gasteiger partial charge in [-0.05, 0) is 43.4 Å². The van der Waals surface area contributed by atoms with Gasteiger partial charge in [0, 0.05) is 50.3 Å². The van der Waals surface area contributed by atoms with Gasteiger partial charge in [-0.2, -0.15) is 5.10 Å². The maximum Gasteiger partial charge on any atom is 0.225 e. The van der Waals surface area contributed by atoms with Crippen LogP contribution < -0.4 is 5.32 Å². The minimum absolute atomic E-state index is 0.0135. The normalized spacial score (nSPS) is 25.6. The Morgan fingerprint density at radius 1 is 1.19 bits per heavy atom. The Kier molecular flexibility index (Phi) is 5.18. The van der Waals surface area contributed by atoms with Crippen LogP contribution in [0.5, 0.6) is 0 Å². The van der Waals surface area contributed by atoms with Gasteiger partial charge in [-0.25, -0.2) is 0 Å². The number of likely N-dealkylation sites (tertiary alicyclic amines) is 1. The molecule has 2 aromatic rings. The third kappa shape index (κ3) is 4.18. The lowest BCUT2D eigenvalue weighted by molar-refractivity contribution is -0.129. The molecule has 3 heterocycles. The molecule has 27 heavy (non-hydrogen) atoms. The highest BCUT2D eigenvalue weighted by molar-refractivity contribution is 5.89. The molecular formula is C20H25N5O2. The highest BCUT2D eigenvalue weighted by atomic mass is 16.2.